The second-order valence-electron chi connectivity index (χ2n) is 3.87. The molecule has 0 saturated heterocycles. The first kappa shape index (κ1) is 15.3. The Morgan fingerprint density at radius 1 is 1.33 bits per heavy atom. The molecule has 0 aliphatic rings. The molecule has 0 bridgehead atoms. The summed E-state index contributed by atoms with van der Waals surface area (Å²) in [5, 5.41) is 8.91. The third-order valence-electron chi connectivity index (χ3n) is 2.49. The lowest BCUT2D eigenvalue weighted by molar-refractivity contribution is 0.0702. The molecule has 1 aromatic heterocycles. The molecule has 6 nitrogen and oxygen atoms in total. The summed E-state index contributed by atoms with van der Waals surface area (Å²) < 4.78 is 44.6. The highest BCUT2D eigenvalue weighted by atomic mass is 32.2. The SMILES string of the molecule is COc1ccc(S(=O)(=O)Nc2ccc(C(=O)O)s2)cc1F. The minimum atomic E-state index is -4.00. The zero-order valence-corrected chi connectivity index (χ0v) is 12.3. The monoisotopic (exact) mass is 331 g/mol. The van der Waals surface area contributed by atoms with Gasteiger partial charge in [0.25, 0.3) is 10.0 Å². The molecule has 0 spiro atoms. The Morgan fingerprint density at radius 3 is 2.57 bits per heavy atom. The number of sulfonamides is 1. The quantitative estimate of drug-likeness (QED) is 0.877. The van der Waals surface area contributed by atoms with Crippen LogP contribution in [0.2, 0.25) is 0 Å². The fourth-order valence-electron chi connectivity index (χ4n) is 1.51. The number of carboxylic acid groups (broad SMARTS) is 1. The number of ether oxygens (including phenoxy) is 1. The maximum Gasteiger partial charge on any atom is 0.345 e. The summed E-state index contributed by atoms with van der Waals surface area (Å²) in [6, 6.07) is 5.81. The van der Waals surface area contributed by atoms with Crippen molar-refractivity contribution in [2.24, 2.45) is 0 Å². The van der Waals surface area contributed by atoms with E-state index >= 15 is 0 Å². The van der Waals surface area contributed by atoms with Crippen LogP contribution in [-0.2, 0) is 10.0 Å². The lowest BCUT2D eigenvalue weighted by atomic mass is 10.3. The topological polar surface area (TPSA) is 92.7 Å². The molecule has 2 rings (SSSR count). The van der Waals surface area contributed by atoms with Gasteiger partial charge in [-0.2, -0.15) is 0 Å². The normalized spacial score (nSPS) is 11.1. The van der Waals surface area contributed by atoms with Gasteiger partial charge in [0.05, 0.1) is 12.0 Å². The van der Waals surface area contributed by atoms with Crippen molar-refractivity contribution in [1.29, 1.82) is 0 Å². The average molecular weight is 331 g/mol. The predicted molar refractivity (Wildman–Crippen MR) is 75.0 cm³/mol. The van der Waals surface area contributed by atoms with Gasteiger partial charge in [-0.3, -0.25) is 4.72 Å². The van der Waals surface area contributed by atoms with Gasteiger partial charge in [-0.25, -0.2) is 17.6 Å². The van der Waals surface area contributed by atoms with E-state index in [1.165, 1.54) is 31.4 Å². The maximum atomic E-state index is 13.5. The summed E-state index contributed by atoms with van der Waals surface area (Å²) in [6.45, 7) is 0. The van der Waals surface area contributed by atoms with E-state index in [0.717, 1.165) is 17.4 Å². The van der Waals surface area contributed by atoms with E-state index in [4.69, 9.17) is 9.84 Å². The van der Waals surface area contributed by atoms with Crippen LogP contribution < -0.4 is 9.46 Å². The Kier molecular flexibility index (Phi) is 4.14. The summed E-state index contributed by atoms with van der Waals surface area (Å²) in [5.74, 6) is -2.03. The zero-order valence-electron chi connectivity index (χ0n) is 10.7. The van der Waals surface area contributed by atoms with Crippen LogP contribution in [0.5, 0.6) is 5.75 Å². The van der Waals surface area contributed by atoms with Gasteiger partial charge in [0, 0.05) is 0 Å². The standard InChI is InChI=1S/C12H10FNO5S2/c1-19-9-3-2-7(6-8(9)13)21(17,18)14-11-5-4-10(20-11)12(15)16/h2-6,14H,1H3,(H,15,16). The molecule has 2 aromatic rings. The Morgan fingerprint density at radius 2 is 2.05 bits per heavy atom. The predicted octanol–water partition coefficient (Wildman–Crippen LogP) is 2.39. The van der Waals surface area contributed by atoms with E-state index < -0.39 is 21.8 Å². The highest BCUT2D eigenvalue weighted by Crippen LogP contribution is 2.26. The van der Waals surface area contributed by atoms with Gasteiger partial charge in [0.15, 0.2) is 11.6 Å². The van der Waals surface area contributed by atoms with Crippen molar-refractivity contribution in [3.05, 3.63) is 41.0 Å². The van der Waals surface area contributed by atoms with Gasteiger partial charge in [0.1, 0.15) is 9.88 Å². The minimum absolute atomic E-state index is 0.00592. The fourth-order valence-corrected chi connectivity index (χ4v) is 3.56. The number of halogens is 1. The molecule has 0 unspecified atom stereocenters. The Balaban J connectivity index is 2.29. The molecule has 0 aliphatic heterocycles. The summed E-state index contributed by atoms with van der Waals surface area (Å²) >= 11 is 0.766. The number of methoxy groups -OCH3 is 1. The van der Waals surface area contributed by atoms with Crippen molar-refractivity contribution in [2.75, 3.05) is 11.8 Å². The molecule has 1 heterocycles. The number of carboxylic acids is 1. The molecule has 0 atom stereocenters. The Labute approximate surface area is 123 Å². The highest BCUT2D eigenvalue weighted by molar-refractivity contribution is 7.93. The molecule has 0 radical (unpaired) electrons. The van der Waals surface area contributed by atoms with Crippen LogP contribution in [0, 0.1) is 5.82 Å². The Hall–Kier alpha value is -2.13. The first-order chi connectivity index (χ1) is 9.83. The number of rotatable bonds is 5. The van der Waals surface area contributed by atoms with Crippen LogP contribution >= 0.6 is 11.3 Å². The summed E-state index contributed by atoms with van der Waals surface area (Å²) in [4.78, 5) is 10.4. The second-order valence-corrected chi connectivity index (χ2v) is 6.64. The first-order valence-electron chi connectivity index (χ1n) is 5.53. The number of thiophene rings is 1. The second kappa shape index (κ2) is 5.70. The highest BCUT2D eigenvalue weighted by Gasteiger charge is 2.18. The summed E-state index contributed by atoms with van der Waals surface area (Å²) in [6.07, 6.45) is 0. The van der Waals surface area contributed by atoms with Crippen LogP contribution in [0.3, 0.4) is 0 Å². The Bertz CT molecular complexity index is 785. The van der Waals surface area contributed by atoms with E-state index in [0.29, 0.717) is 0 Å². The van der Waals surface area contributed by atoms with Gasteiger partial charge in [-0.1, -0.05) is 0 Å². The molecule has 112 valence electrons. The van der Waals surface area contributed by atoms with Gasteiger partial charge in [0.2, 0.25) is 0 Å². The molecule has 0 aliphatic carbocycles. The van der Waals surface area contributed by atoms with Gasteiger partial charge in [-0.05, 0) is 30.3 Å². The van der Waals surface area contributed by atoms with Crippen LogP contribution in [-0.4, -0.2) is 26.6 Å². The maximum absolute atomic E-state index is 13.5. The van der Waals surface area contributed by atoms with Crippen LogP contribution in [0.15, 0.2) is 35.2 Å². The van der Waals surface area contributed by atoms with Crippen LogP contribution in [0.4, 0.5) is 9.39 Å². The molecule has 0 amide bonds. The smallest absolute Gasteiger partial charge is 0.345 e. The third-order valence-corrected chi connectivity index (χ3v) is 4.97. The largest absolute Gasteiger partial charge is 0.494 e. The molecular formula is C12H10FNO5S2. The van der Waals surface area contributed by atoms with Crippen LogP contribution in [0.1, 0.15) is 9.67 Å². The van der Waals surface area contributed by atoms with Crippen LogP contribution in [0.25, 0.3) is 0 Å². The number of nitrogens with one attached hydrogen (secondary N) is 1. The summed E-state index contributed by atoms with van der Waals surface area (Å²) in [5.41, 5.74) is 0. The van der Waals surface area contributed by atoms with Crippen molar-refractivity contribution < 1.29 is 27.4 Å². The molecule has 9 heteroatoms. The lowest BCUT2D eigenvalue weighted by Crippen LogP contribution is -2.12. The number of benzene rings is 1. The number of carbonyl (C=O) groups is 1. The van der Waals surface area contributed by atoms with Gasteiger partial charge in [-0.15, -0.1) is 11.3 Å². The minimum Gasteiger partial charge on any atom is -0.494 e. The number of anilines is 1. The van der Waals surface area contributed by atoms with Crippen molar-refractivity contribution in [2.45, 2.75) is 4.90 Å². The molecule has 0 saturated carbocycles. The third kappa shape index (κ3) is 3.31. The molecule has 1 aromatic carbocycles. The number of aromatic carboxylic acids is 1. The molecule has 21 heavy (non-hydrogen) atoms. The van der Waals surface area contributed by atoms with E-state index in [2.05, 4.69) is 4.72 Å². The first-order valence-corrected chi connectivity index (χ1v) is 7.83. The van der Waals surface area contributed by atoms with Gasteiger partial charge < -0.3 is 9.84 Å². The van der Waals surface area contributed by atoms with Crippen molar-refractivity contribution in [3.63, 3.8) is 0 Å². The van der Waals surface area contributed by atoms with E-state index in [1.807, 2.05) is 0 Å². The fraction of sp³-hybridized carbons (Fsp3) is 0.0833. The zero-order chi connectivity index (χ0) is 15.6. The van der Waals surface area contributed by atoms with Crippen molar-refractivity contribution >= 4 is 32.3 Å². The lowest BCUT2D eigenvalue weighted by Gasteiger charge is -2.07. The molecule has 0 fully saturated rings. The van der Waals surface area contributed by atoms with Gasteiger partial charge >= 0.3 is 5.97 Å². The van der Waals surface area contributed by atoms with E-state index in [-0.39, 0.29) is 20.5 Å². The average Bonchev–Trinajstić information content (AvgIpc) is 2.86. The van der Waals surface area contributed by atoms with Crippen molar-refractivity contribution in [1.82, 2.24) is 0 Å². The van der Waals surface area contributed by atoms with E-state index in [1.54, 1.807) is 0 Å². The molecular weight excluding hydrogens is 321 g/mol. The molecule has 2 N–H and O–H groups in total. The number of hydrogen-bond acceptors (Lipinski definition) is 5. The van der Waals surface area contributed by atoms with E-state index in [9.17, 15) is 17.6 Å². The van der Waals surface area contributed by atoms with Crippen molar-refractivity contribution in [3.8, 4) is 5.75 Å². The number of hydrogen-bond donors (Lipinski definition) is 2. The summed E-state index contributed by atoms with van der Waals surface area (Å²) in [7, 11) is -2.73.